The van der Waals surface area contributed by atoms with Gasteiger partial charge in [0.1, 0.15) is 0 Å². The molecule has 23 heavy (non-hydrogen) atoms. The molecule has 0 radical (unpaired) electrons. The van der Waals surface area contributed by atoms with Gasteiger partial charge in [-0.1, -0.05) is 12.1 Å². The number of halogens is 3. The summed E-state index contributed by atoms with van der Waals surface area (Å²) >= 11 is 0. The third-order valence-corrected chi connectivity index (χ3v) is 4.58. The predicted octanol–water partition coefficient (Wildman–Crippen LogP) is 1.65. The molecule has 1 saturated carbocycles. The fourth-order valence-corrected chi connectivity index (χ4v) is 3.53. The fourth-order valence-electron chi connectivity index (χ4n) is 3.53. The van der Waals surface area contributed by atoms with Crippen LogP contribution in [0.4, 0.5) is 13.2 Å². The van der Waals surface area contributed by atoms with Crippen molar-refractivity contribution < 1.29 is 18.3 Å². The van der Waals surface area contributed by atoms with E-state index in [1.165, 1.54) is 17.1 Å². The fraction of sp³-hybridized carbons (Fsp3) is 0.467. The van der Waals surface area contributed by atoms with Gasteiger partial charge in [0.05, 0.1) is 29.1 Å². The Labute approximate surface area is 128 Å². The summed E-state index contributed by atoms with van der Waals surface area (Å²) in [4.78, 5) is 16.3. The molecule has 0 spiro atoms. The Morgan fingerprint density at radius 1 is 1.22 bits per heavy atom. The molecule has 0 bridgehead atoms. The standard InChI is InChI=1S/C15H14F3N3O2/c16-15(17,18)14-19-9-5-2-1-4-8(9)13(23)21(14)20-10-6-3-7-11(22)12(10)20/h1-2,4-5,10-12,22H,3,6-7H2/t10-,11+,12-,20?/m1/s1. The lowest BCUT2D eigenvalue weighted by molar-refractivity contribution is -0.147. The summed E-state index contributed by atoms with van der Waals surface area (Å²) in [5, 5.41) is 11.5. The van der Waals surface area contributed by atoms with Crippen molar-refractivity contribution >= 4 is 10.9 Å². The van der Waals surface area contributed by atoms with Gasteiger partial charge in [0.2, 0.25) is 5.82 Å². The average Bonchev–Trinajstić information content (AvgIpc) is 3.22. The second kappa shape index (κ2) is 4.70. The lowest BCUT2D eigenvalue weighted by Crippen LogP contribution is -2.38. The molecule has 1 saturated heterocycles. The predicted molar refractivity (Wildman–Crippen MR) is 76.7 cm³/mol. The van der Waals surface area contributed by atoms with Gasteiger partial charge in [0.15, 0.2) is 0 Å². The Bertz CT molecular complexity index is 833. The third kappa shape index (κ3) is 2.12. The molecule has 2 heterocycles. The molecule has 0 amide bonds. The Kier molecular flexibility index (Phi) is 2.96. The molecule has 2 aromatic rings. The number of alkyl halides is 3. The Balaban J connectivity index is 1.95. The molecule has 0 unspecified atom stereocenters. The van der Waals surface area contributed by atoms with E-state index in [1.807, 2.05) is 0 Å². The smallest absolute Gasteiger partial charge is 0.391 e. The summed E-state index contributed by atoms with van der Waals surface area (Å²) < 4.78 is 40.8. The number of hydrogen-bond acceptors (Lipinski definition) is 4. The number of benzene rings is 1. The van der Waals surface area contributed by atoms with Gasteiger partial charge < -0.3 is 5.11 Å². The Morgan fingerprint density at radius 3 is 2.65 bits per heavy atom. The van der Waals surface area contributed by atoms with Gasteiger partial charge in [0, 0.05) is 0 Å². The summed E-state index contributed by atoms with van der Waals surface area (Å²) in [6.45, 7) is 0. The molecular formula is C15H14F3N3O2. The van der Waals surface area contributed by atoms with Crippen molar-refractivity contribution in [2.75, 3.05) is 5.01 Å². The van der Waals surface area contributed by atoms with E-state index in [4.69, 9.17) is 0 Å². The number of rotatable bonds is 1. The van der Waals surface area contributed by atoms with Crippen LogP contribution >= 0.6 is 0 Å². The second-order valence-corrected chi connectivity index (χ2v) is 6.00. The van der Waals surface area contributed by atoms with Crippen LogP contribution in [0.2, 0.25) is 0 Å². The second-order valence-electron chi connectivity index (χ2n) is 6.00. The number of nitrogens with zero attached hydrogens (tertiary/aromatic N) is 3. The number of aliphatic hydroxyl groups excluding tert-OH is 1. The largest absolute Gasteiger partial charge is 0.451 e. The van der Waals surface area contributed by atoms with Crippen molar-refractivity contribution in [1.29, 1.82) is 0 Å². The van der Waals surface area contributed by atoms with Crippen LogP contribution < -0.4 is 10.6 Å². The number of aromatic nitrogens is 2. The molecule has 122 valence electrons. The van der Waals surface area contributed by atoms with Gasteiger partial charge in [-0.05, 0) is 31.4 Å². The lowest BCUT2D eigenvalue weighted by Gasteiger charge is -2.18. The van der Waals surface area contributed by atoms with Crippen molar-refractivity contribution in [3.8, 4) is 0 Å². The van der Waals surface area contributed by atoms with Gasteiger partial charge in [-0.15, -0.1) is 0 Å². The van der Waals surface area contributed by atoms with Crippen LogP contribution in [0, 0.1) is 0 Å². The van der Waals surface area contributed by atoms with E-state index in [2.05, 4.69) is 4.98 Å². The minimum Gasteiger partial charge on any atom is -0.391 e. The van der Waals surface area contributed by atoms with Crippen molar-refractivity contribution in [3.63, 3.8) is 0 Å². The first kappa shape index (κ1) is 14.5. The van der Waals surface area contributed by atoms with Gasteiger partial charge in [-0.3, -0.25) is 9.80 Å². The van der Waals surface area contributed by atoms with Gasteiger partial charge in [-0.25, -0.2) is 4.98 Å². The van der Waals surface area contributed by atoms with E-state index in [0.717, 1.165) is 6.42 Å². The zero-order chi connectivity index (χ0) is 16.4. The highest BCUT2D eigenvalue weighted by Gasteiger charge is 2.56. The van der Waals surface area contributed by atoms with Crippen LogP contribution in [0.5, 0.6) is 0 Å². The maximum atomic E-state index is 13.4. The summed E-state index contributed by atoms with van der Waals surface area (Å²) in [6, 6.07) is 5.31. The van der Waals surface area contributed by atoms with E-state index in [-0.39, 0.29) is 16.9 Å². The van der Waals surface area contributed by atoms with E-state index in [1.54, 1.807) is 12.1 Å². The van der Waals surface area contributed by atoms with E-state index in [9.17, 15) is 23.1 Å². The maximum Gasteiger partial charge on any atom is 0.451 e. The number of aliphatic hydroxyl groups is 1. The summed E-state index contributed by atoms with van der Waals surface area (Å²) in [5.74, 6) is -1.23. The van der Waals surface area contributed by atoms with Crippen LogP contribution in [0.15, 0.2) is 29.1 Å². The summed E-state index contributed by atoms with van der Waals surface area (Å²) in [6.07, 6.45) is -3.53. The lowest BCUT2D eigenvalue weighted by atomic mass is 9.98. The highest BCUT2D eigenvalue weighted by atomic mass is 19.4. The molecule has 1 N–H and O–H groups in total. The molecule has 4 rings (SSSR count). The zero-order valence-electron chi connectivity index (χ0n) is 12.0. The zero-order valence-corrected chi connectivity index (χ0v) is 12.0. The molecule has 2 fully saturated rings. The molecule has 1 aliphatic carbocycles. The van der Waals surface area contributed by atoms with Crippen LogP contribution in [-0.2, 0) is 6.18 Å². The van der Waals surface area contributed by atoms with E-state index >= 15 is 0 Å². The van der Waals surface area contributed by atoms with Crippen LogP contribution in [0.1, 0.15) is 25.1 Å². The summed E-state index contributed by atoms with van der Waals surface area (Å²) in [7, 11) is 0. The van der Waals surface area contributed by atoms with E-state index < -0.39 is 29.7 Å². The first-order chi connectivity index (χ1) is 10.9. The van der Waals surface area contributed by atoms with Gasteiger partial charge >= 0.3 is 6.18 Å². The van der Waals surface area contributed by atoms with Gasteiger partial charge in [-0.2, -0.15) is 17.8 Å². The molecule has 1 aliphatic heterocycles. The number of fused-ring (bicyclic) bond motifs is 2. The molecule has 1 aromatic heterocycles. The topological polar surface area (TPSA) is 58.1 Å². The molecule has 2 aliphatic rings. The molecule has 3 atom stereocenters. The van der Waals surface area contributed by atoms with Crippen molar-refractivity contribution in [3.05, 3.63) is 40.4 Å². The monoisotopic (exact) mass is 325 g/mol. The van der Waals surface area contributed by atoms with E-state index in [0.29, 0.717) is 17.5 Å². The average molecular weight is 325 g/mol. The summed E-state index contributed by atoms with van der Waals surface area (Å²) in [5.41, 5.74) is -0.726. The third-order valence-electron chi connectivity index (χ3n) is 4.58. The van der Waals surface area contributed by atoms with Crippen LogP contribution in [0.25, 0.3) is 10.9 Å². The Hall–Kier alpha value is -2.09. The minimum absolute atomic E-state index is 0.0199. The van der Waals surface area contributed by atoms with Crippen LogP contribution in [0.3, 0.4) is 0 Å². The Morgan fingerprint density at radius 2 is 1.96 bits per heavy atom. The maximum absolute atomic E-state index is 13.4. The van der Waals surface area contributed by atoms with Crippen LogP contribution in [-0.4, -0.2) is 33.0 Å². The number of hydrogen-bond donors (Lipinski definition) is 1. The van der Waals surface area contributed by atoms with Crippen molar-refractivity contribution in [2.45, 2.75) is 43.6 Å². The van der Waals surface area contributed by atoms with Gasteiger partial charge in [0.25, 0.3) is 5.56 Å². The quantitative estimate of drug-likeness (QED) is 0.810. The number of para-hydroxylation sites is 1. The first-order valence-corrected chi connectivity index (χ1v) is 7.45. The molecule has 8 heteroatoms. The molecular weight excluding hydrogens is 311 g/mol. The molecule has 5 nitrogen and oxygen atoms in total. The highest BCUT2D eigenvalue weighted by molar-refractivity contribution is 5.77. The van der Waals surface area contributed by atoms with Crippen molar-refractivity contribution in [2.24, 2.45) is 0 Å². The molecule has 1 aromatic carbocycles. The normalized spacial score (nSPS) is 27.1. The highest BCUT2D eigenvalue weighted by Crippen LogP contribution is 2.40. The SMILES string of the molecule is O=c1c2ccccc2nc(C(F)(F)F)n1N1[C@@H]2[C@H]1CCC[C@@H]2O. The minimum atomic E-state index is -4.75. The van der Waals surface area contributed by atoms with Crippen molar-refractivity contribution in [1.82, 2.24) is 9.66 Å². The first-order valence-electron chi connectivity index (χ1n) is 7.45.